The van der Waals surface area contributed by atoms with Gasteiger partial charge in [-0.1, -0.05) is 17.7 Å². The van der Waals surface area contributed by atoms with Gasteiger partial charge in [0.25, 0.3) is 0 Å². The molecule has 2 rings (SSSR count). The highest BCUT2D eigenvalue weighted by atomic mass is 15.2. The Morgan fingerprint density at radius 1 is 1.11 bits per heavy atom. The molecule has 0 aliphatic heterocycles. The summed E-state index contributed by atoms with van der Waals surface area (Å²) in [5.41, 5.74) is 10.5. The van der Waals surface area contributed by atoms with E-state index in [0.717, 1.165) is 17.1 Å². The number of pyridine rings is 1. The minimum Gasteiger partial charge on any atom is -0.329 e. The van der Waals surface area contributed by atoms with Gasteiger partial charge < -0.3 is 10.6 Å². The molecule has 0 radical (unpaired) electrons. The zero-order valence-corrected chi connectivity index (χ0v) is 11.1. The molecule has 1 aromatic carbocycles. The Morgan fingerprint density at radius 2 is 1.78 bits per heavy atom. The van der Waals surface area contributed by atoms with Crippen LogP contribution >= 0.6 is 0 Å². The third kappa shape index (κ3) is 2.36. The lowest BCUT2D eigenvalue weighted by molar-refractivity contribution is 0.992. The van der Waals surface area contributed by atoms with Crippen LogP contribution in [0.25, 0.3) is 0 Å². The van der Waals surface area contributed by atoms with Gasteiger partial charge >= 0.3 is 0 Å². The molecule has 0 aliphatic rings. The van der Waals surface area contributed by atoms with Crippen LogP contribution < -0.4 is 10.6 Å². The topological polar surface area (TPSA) is 42.2 Å². The molecule has 0 unspecified atom stereocenters. The summed E-state index contributed by atoms with van der Waals surface area (Å²) in [5, 5.41) is 0. The zero-order chi connectivity index (χ0) is 13.1. The molecule has 0 aliphatic carbocycles. The van der Waals surface area contributed by atoms with Crippen LogP contribution in [0.4, 0.5) is 11.5 Å². The number of benzene rings is 1. The smallest absolute Gasteiger partial charge is 0.137 e. The lowest BCUT2D eigenvalue weighted by Gasteiger charge is -2.22. The number of rotatable bonds is 3. The SMILES string of the molecule is Cc1ccc(N(C)c2nccc(C)c2CN)cc1. The van der Waals surface area contributed by atoms with Gasteiger partial charge in [-0.3, -0.25) is 0 Å². The molecule has 3 heteroatoms. The summed E-state index contributed by atoms with van der Waals surface area (Å²) < 4.78 is 0. The molecular weight excluding hydrogens is 222 g/mol. The van der Waals surface area contributed by atoms with E-state index in [2.05, 4.69) is 48.0 Å². The Bertz CT molecular complexity index is 532. The van der Waals surface area contributed by atoms with Crippen molar-refractivity contribution in [3.05, 3.63) is 53.2 Å². The van der Waals surface area contributed by atoms with Gasteiger partial charge in [0.15, 0.2) is 0 Å². The standard InChI is InChI=1S/C15H19N3/c1-11-4-6-13(7-5-11)18(3)15-14(10-16)12(2)8-9-17-15/h4-9H,10,16H2,1-3H3. The van der Waals surface area contributed by atoms with Crippen molar-refractivity contribution in [3.8, 4) is 0 Å². The molecule has 0 atom stereocenters. The summed E-state index contributed by atoms with van der Waals surface area (Å²) in [4.78, 5) is 6.53. The first kappa shape index (κ1) is 12.6. The van der Waals surface area contributed by atoms with Crippen molar-refractivity contribution in [2.24, 2.45) is 5.73 Å². The molecule has 3 nitrogen and oxygen atoms in total. The van der Waals surface area contributed by atoms with Gasteiger partial charge in [0.05, 0.1) is 0 Å². The molecule has 0 spiro atoms. The van der Waals surface area contributed by atoms with E-state index in [4.69, 9.17) is 5.73 Å². The Morgan fingerprint density at radius 3 is 2.39 bits per heavy atom. The first-order valence-corrected chi connectivity index (χ1v) is 6.08. The van der Waals surface area contributed by atoms with Crippen LogP contribution in [0.1, 0.15) is 16.7 Å². The molecule has 94 valence electrons. The number of nitrogens with two attached hydrogens (primary N) is 1. The van der Waals surface area contributed by atoms with Crippen LogP contribution in [0, 0.1) is 13.8 Å². The summed E-state index contributed by atoms with van der Waals surface area (Å²) in [6.07, 6.45) is 1.83. The largest absolute Gasteiger partial charge is 0.329 e. The van der Waals surface area contributed by atoms with Gasteiger partial charge in [0.2, 0.25) is 0 Å². The highest BCUT2D eigenvalue weighted by Gasteiger charge is 2.11. The normalized spacial score (nSPS) is 10.4. The maximum Gasteiger partial charge on any atom is 0.137 e. The van der Waals surface area contributed by atoms with E-state index in [1.165, 1.54) is 11.1 Å². The molecule has 0 fully saturated rings. The van der Waals surface area contributed by atoms with E-state index >= 15 is 0 Å². The highest BCUT2D eigenvalue weighted by molar-refractivity contribution is 5.63. The van der Waals surface area contributed by atoms with Gasteiger partial charge in [-0.15, -0.1) is 0 Å². The van der Waals surface area contributed by atoms with Crippen LogP contribution in [-0.2, 0) is 6.54 Å². The van der Waals surface area contributed by atoms with Crippen LogP contribution in [-0.4, -0.2) is 12.0 Å². The lowest BCUT2D eigenvalue weighted by Crippen LogP contribution is -2.16. The summed E-state index contributed by atoms with van der Waals surface area (Å²) in [6.45, 7) is 4.65. The first-order valence-electron chi connectivity index (χ1n) is 6.08. The third-order valence-electron chi connectivity index (χ3n) is 3.21. The van der Waals surface area contributed by atoms with E-state index in [1.54, 1.807) is 0 Å². The second-order valence-corrected chi connectivity index (χ2v) is 4.53. The summed E-state index contributed by atoms with van der Waals surface area (Å²) in [7, 11) is 2.02. The maximum atomic E-state index is 5.82. The molecule has 0 saturated heterocycles. The average molecular weight is 241 g/mol. The first-order chi connectivity index (χ1) is 8.63. The summed E-state index contributed by atoms with van der Waals surface area (Å²) >= 11 is 0. The highest BCUT2D eigenvalue weighted by Crippen LogP contribution is 2.26. The Hall–Kier alpha value is -1.87. The van der Waals surface area contributed by atoms with Crippen LogP contribution in [0.2, 0.25) is 0 Å². The second-order valence-electron chi connectivity index (χ2n) is 4.53. The lowest BCUT2D eigenvalue weighted by atomic mass is 10.1. The van der Waals surface area contributed by atoms with Crippen LogP contribution in [0.15, 0.2) is 36.5 Å². The molecule has 0 saturated carbocycles. The Labute approximate surface area is 108 Å². The molecule has 1 aromatic heterocycles. The van der Waals surface area contributed by atoms with Gasteiger partial charge in [0.1, 0.15) is 5.82 Å². The molecular formula is C15H19N3. The van der Waals surface area contributed by atoms with Crippen molar-refractivity contribution in [1.82, 2.24) is 4.98 Å². The monoisotopic (exact) mass is 241 g/mol. The number of hydrogen-bond donors (Lipinski definition) is 1. The minimum absolute atomic E-state index is 0.505. The number of aromatic nitrogens is 1. The number of hydrogen-bond acceptors (Lipinski definition) is 3. The molecule has 2 N–H and O–H groups in total. The van der Waals surface area contributed by atoms with Crippen LogP contribution in [0.5, 0.6) is 0 Å². The van der Waals surface area contributed by atoms with Gasteiger partial charge in [-0.25, -0.2) is 4.98 Å². The fourth-order valence-electron chi connectivity index (χ4n) is 2.01. The molecule has 18 heavy (non-hydrogen) atoms. The van der Waals surface area contributed by atoms with Gasteiger partial charge in [0, 0.05) is 31.0 Å². The van der Waals surface area contributed by atoms with Gasteiger partial charge in [-0.2, -0.15) is 0 Å². The Balaban J connectivity index is 2.42. The van der Waals surface area contributed by atoms with Crippen LogP contribution in [0.3, 0.4) is 0 Å². The number of aryl methyl sites for hydroxylation is 2. The van der Waals surface area contributed by atoms with E-state index < -0.39 is 0 Å². The number of nitrogens with zero attached hydrogens (tertiary/aromatic N) is 2. The third-order valence-corrected chi connectivity index (χ3v) is 3.21. The molecule has 1 heterocycles. The maximum absolute atomic E-state index is 5.82. The van der Waals surface area contributed by atoms with E-state index in [9.17, 15) is 0 Å². The van der Waals surface area contributed by atoms with Crippen molar-refractivity contribution in [3.63, 3.8) is 0 Å². The summed E-state index contributed by atoms with van der Waals surface area (Å²) in [6, 6.07) is 10.4. The predicted octanol–water partition coefficient (Wildman–Crippen LogP) is 2.93. The summed E-state index contributed by atoms with van der Waals surface area (Å²) in [5.74, 6) is 0.932. The minimum atomic E-state index is 0.505. The Kier molecular flexibility index (Phi) is 3.63. The van der Waals surface area contributed by atoms with Gasteiger partial charge in [-0.05, 0) is 37.6 Å². The van der Waals surface area contributed by atoms with Crippen molar-refractivity contribution in [2.45, 2.75) is 20.4 Å². The van der Waals surface area contributed by atoms with E-state index in [0.29, 0.717) is 6.54 Å². The van der Waals surface area contributed by atoms with E-state index in [-0.39, 0.29) is 0 Å². The van der Waals surface area contributed by atoms with Crippen molar-refractivity contribution < 1.29 is 0 Å². The van der Waals surface area contributed by atoms with Crippen molar-refractivity contribution in [1.29, 1.82) is 0 Å². The predicted molar refractivity (Wildman–Crippen MR) is 76.1 cm³/mol. The average Bonchev–Trinajstić information content (AvgIpc) is 2.38. The zero-order valence-electron chi connectivity index (χ0n) is 11.1. The van der Waals surface area contributed by atoms with Crippen molar-refractivity contribution >= 4 is 11.5 Å². The molecule has 2 aromatic rings. The number of anilines is 2. The fraction of sp³-hybridized carbons (Fsp3) is 0.267. The van der Waals surface area contributed by atoms with Crippen molar-refractivity contribution in [2.75, 3.05) is 11.9 Å². The molecule has 0 bridgehead atoms. The quantitative estimate of drug-likeness (QED) is 0.898. The second kappa shape index (κ2) is 5.19. The fourth-order valence-corrected chi connectivity index (χ4v) is 2.01. The molecule has 0 amide bonds. The van der Waals surface area contributed by atoms with E-state index in [1.807, 2.05) is 19.3 Å².